The molecular weight excluding hydrogens is 1160 g/mol. The maximum absolute atomic E-state index is 15.7. The third-order valence-electron chi connectivity index (χ3n) is 14.6. The largest absolute Gasteiger partial charge is 0.309 e. The lowest BCUT2D eigenvalue weighted by Gasteiger charge is -2.11. The number of benzene rings is 9. The van der Waals surface area contributed by atoms with Crippen molar-refractivity contribution in [3.05, 3.63) is 219 Å². The fourth-order valence-corrected chi connectivity index (χ4v) is 11.9. The van der Waals surface area contributed by atoms with Gasteiger partial charge in [-0.3, -0.25) is 4.57 Å². The van der Waals surface area contributed by atoms with E-state index in [9.17, 15) is 48.3 Å². The zero-order valence-electron chi connectivity index (χ0n) is 40.7. The molecule has 0 amide bonds. The van der Waals surface area contributed by atoms with E-state index in [1.807, 2.05) is 0 Å². The molecule has 23 heteroatoms. The molecule has 9 aromatic carbocycles. The Morgan fingerprint density at radius 3 is 1.00 bits per heavy atom. The number of aromatic nitrogens is 3. The van der Waals surface area contributed by atoms with Gasteiger partial charge in [-0.1, -0.05) is 24.3 Å². The molecule has 414 valence electrons. The summed E-state index contributed by atoms with van der Waals surface area (Å²) in [6.45, 7) is 0.862. The molecule has 0 N–H and O–H groups in total. The molecule has 0 spiro atoms. The van der Waals surface area contributed by atoms with Crippen molar-refractivity contribution in [1.82, 2.24) is 14.1 Å². The third-order valence-corrected chi connectivity index (χ3v) is 15.8. The van der Waals surface area contributed by atoms with Crippen molar-refractivity contribution in [3.63, 3.8) is 0 Å². The van der Waals surface area contributed by atoms with Crippen molar-refractivity contribution in [3.8, 4) is 56.0 Å². The Kier molecular flexibility index (Phi) is 11.9. The first-order valence-electron chi connectivity index (χ1n) is 23.9. The number of hydrogen-bond donors (Lipinski definition) is 0. The predicted molar refractivity (Wildman–Crippen MR) is 271 cm³/mol. The summed E-state index contributed by atoms with van der Waals surface area (Å²) >= 11 is 1.14. The molecular formula is C60H20F19N3S. The van der Waals surface area contributed by atoms with E-state index in [0.717, 1.165) is 66.8 Å². The maximum atomic E-state index is 15.7. The standard InChI is InChI=1S/C60H20F19N3S/c1-19-40(61)36(42(63)49(70)41(19)62)20-4-9-33-28(14-20)29-17-23(39-47(68)54(75)58(79)55(76)48(39)69)5-10-34(29)82(33)60-59-25(12-13-80-60)30-18-24(6-11-35(30)83-59)81-31-7-2-21(37-43(64)50(71)56(77)51(72)44(37)65)15-26(31)27-16-22(3-8-32(27)81)38-45(66)52(73)57(78)53(74)46(38)67/h2-18H,1H3. The maximum Gasteiger partial charge on any atom is 0.200 e. The van der Waals surface area contributed by atoms with Crippen LogP contribution in [0.3, 0.4) is 0 Å². The average molecular weight is 1180 g/mol. The van der Waals surface area contributed by atoms with Gasteiger partial charge in [-0.15, -0.1) is 11.3 Å². The second-order valence-electron chi connectivity index (χ2n) is 19.0. The van der Waals surface area contributed by atoms with Gasteiger partial charge in [0.2, 0.25) is 17.5 Å². The molecule has 83 heavy (non-hydrogen) atoms. The Bertz CT molecular complexity index is 4750. The molecule has 13 aromatic rings. The van der Waals surface area contributed by atoms with Gasteiger partial charge in [0.05, 0.1) is 49.0 Å². The molecule has 3 nitrogen and oxygen atoms in total. The summed E-state index contributed by atoms with van der Waals surface area (Å²) in [5, 5.41) is 0.696. The van der Waals surface area contributed by atoms with Crippen LogP contribution in [-0.4, -0.2) is 14.1 Å². The summed E-state index contributed by atoms with van der Waals surface area (Å²) in [5.74, 6) is -41.3. The molecule has 0 aliphatic heterocycles. The zero-order valence-corrected chi connectivity index (χ0v) is 41.6. The predicted octanol–water partition coefficient (Wildman–Crippen LogP) is 19.3. The topological polar surface area (TPSA) is 22.8 Å². The Labute approximate surface area is 453 Å². The van der Waals surface area contributed by atoms with Crippen LogP contribution < -0.4 is 0 Å². The van der Waals surface area contributed by atoms with E-state index in [0.29, 0.717) is 20.2 Å². The van der Waals surface area contributed by atoms with Crippen LogP contribution in [0.15, 0.2) is 103 Å². The highest BCUT2D eigenvalue weighted by molar-refractivity contribution is 7.26. The van der Waals surface area contributed by atoms with Gasteiger partial charge in [0.15, 0.2) is 93.1 Å². The van der Waals surface area contributed by atoms with Crippen LogP contribution >= 0.6 is 11.3 Å². The number of hydrogen-bond acceptors (Lipinski definition) is 2. The van der Waals surface area contributed by atoms with E-state index in [-0.39, 0.29) is 60.7 Å². The summed E-state index contributed by atoms with van der Waals surface area (Å²) in [6.07, 6.45) is 1.36. The summed E-state index contributed by atoms with van der Waals surface area (Å²) in [7, 11) is 0. The third kappa shape index (κ3) is 7.37. The molecule has 4 aromatic heterocycles. The van der Waals surface area contributed by atoms with Crippen molar-refractivity contribution < 1.29 is 83.4 Å². The van der Waals surface area contributed by atoms with Crippen LogP contribution in [0, 0.1) is 117 Å². The fourth-order valence-electron chi connectivity index (χ4n) is 10.7. The Morgan fingerprint density at radius 2 is 0.627 bits per heavy atom. The number of halogens is 19. The Hall–Kier alpha value is -9.38. The average Bonchev–Trinajstić information content (AvgIpc) is 4.27. The molecule has 0 fully saturated rings. The summed E-state index contributed by atoms with van der Waals surface area (Å²) in [6, 6.07) is 19.8. The summed E-state index contributed by atoms with van der Waals surface area (Å²) in [5.41, 5.74) is -7.29. The van der Waals surface area contributed by atoms with Gasteiger partial charge in [0.1, 0.15) is 5.82 Å². The van der Waals surface area contributed by atoms with E-state index >= 15 is 35.1 Å². The van der Waals surface area contributed by atoms with Crippen molar-refractivity contribution in [2.75, 3.05) is 0 Å². The quantitative estimate of drug-likeness (QED) is 0.0924. The molecule has 4 heterocycles. The molecule has 0 aliphatic rings. The van der Waals surface area contributed by atoms with Crippen LogP contribution in [0.1, 0.15) is 5.56 Å². The number of fused-ring (bicyclic) bond motifs is 9. The van der Waals surface area contributed by atoms with E-state index in [1.165, 1.54) is 39.6 Å². The van der Waals surface area contributed by atoms with E-state index < -0.39 is 155 Å². The number of rotatable bonds is 6. The monoisotopic (exact) mass is 1180 g/mol. The molecule has 0 saturated heterocycles. The minimum absolute atomic E-state index is 0.00960. The van der Waals surface area contributed by atoms with Gasteiger partial charge in [0.25, 0.3) is 0 Å². The number of nitrogens with zero attached hydrogens (tertiary/aromatic N) is 3. The molecule has 0 atom stereocenters. The highest BCUT2D eigenvalue weighted by atomic mass is 32.1. The lowest BCUT2D eigenvalue weighted by molar-refractivity contribution is 0.381. The number of pyridine rings is 1. The van der Waals surface area contributed by atoms with Crippen LogP contribution in [-0.2, 0) is 0 Å². The van der Waals surface area contributed by atoms with Crippen LogP contribution in [0.2, 0.25) is 0 Å². The van der Waals surface area contributed by atoms with Crippen molar-refractivity contribution in [2.24, 2.45) is 0 Å². The first-order valence-corrected chi connectivity index (χ1v) is 24.7. The van der Waals surface area contributed by atoms with Gasteiger partial charge >= 0.3 is 0 Å². The van der Waals surface area contributed by atoms with Gasteiger partial charge in [-0.2, -0.15) is 0 Å². The molecule has 0 saturated carbocycles. The first-order chi connectivity index (χ1) is 39.5. The highest BCUT2D eigenvalue weighted by Crippen LogP contribution is 2.46. The van der Waals surface area contributed by atoms with E-state index in [1.54, 1.807) is 24.3 Å². The van der Waals surface area contributed by atoms with Crippen LogP contribution in [0.5, 0.6) is 0 Å². The second kappa shape index (κ2) is 18.6. The van der Waals surface area contributed by atoms with Crippen molar-refractivity contribution >= 4 is 75.1 Å². The highest BCUT2D eigenvalue weighted by Gasteiger charge is 2.32. The molecule has 0 bridgehead atoms. The zero-order chi connectivity index (χ0) is 58.8. The van der Waals surface area contributed by atoms with E-state index in [2.05, 4.69) is 4.98 Å². The van der Waals surface area contributed by atoms with Crippen LogP contribution in [0.4, 0.5) is 83.4 Å². The molecule has 0 radical (unpaired) electrons. The van der Waals surface area contributed by atoms with Crippen molar-refractivity contribution in [1.29, 1.82) is 0 Å². The Morgan fingerprint density at radius 1 is 0.301 bits per heavy atom. The fraction of sp³-hybridized carbons (Fsp3) is 0.0167. The SMILES string of the molecule is Cc1c(F)c(F)c(F)c(-c2ccc3c(c2)c2cc(-c4c(F)c(F)c(F)c(F)c4F)ccc2n3-c2nccc3c2sc2ccc(-n4c5ccc(-c6c(F)c(F)c(F)c(F)c6F)cc5c5cc(-c6c(F)c(F)c(F)c(F)c6F)ccc54)cc23)c1F. The second-order valence-corrected chi connectivity index (χ2v) is 20.0. The molecule has 0 aliphatic carbocycles. The Balaban J connectivity index is 1.04. The summed E-state index contributed by atoms with van der Waals surface area (Å²) < 4.78 is 287. The van der Waals surface area contributed by atoms with Crippen molar-refractivity contribution in [2.45, 2.75) is 6.92 Å². The van der Waals surface area contributed by atoms with Crippen LogP contribution in [0.25, 0.3) is 120 Å². The number of thiophene rings is 1. The molecule has 13 rings (SSSR count). The van der Waals surface area contributed by atoms with Gasteiger partial charge < -0.3 is 4.57 Å². The lowest BCUT2D eigenvalue weighted by Crippen LogP contribution is -2.04. The minimum Gasteiger partial charge on any atom is -0.309 e. The lowest BCUT2D eigenvalue weighted by atomic mass is 9.97. The minimum atomic E-state index is -2.45. The van der Waals surface area contributed by atoms with Gasteiger partial charge in [-0.05, 0) is 102 Å². The normalized spacial score (nSPS) is 12.1. The van der Waals surface area contributed by atoms with E-state index in [4.69, 9.17) is 0 Å². The van der Waals surface area contributed by atoms with Gasteiger partial charge in [-0.25, -0.2) is 88.4 Å². The first kappa shape index (κ1) is 53.0. The summed E-state index contributed by atoms with van der Waals surface area (Å²) in [4.78, 5) is 4.66. The van der Waals surface area contributed by atoms with Gasteiger partial charge in [0, 0.05) is 54.5 Å². The molecule has 0 unspecified atom stereocenters. The smallest absolute Gasteiger partial charge is 0.200 e.